The number of ether oxygens (including phenoxy) is 1. The SMILES string of the molecule is CCCNC(=O)C(C)Oc1ccc(N)c(C(=O)O)c1. The van der Waals surface area contributed by atoms with Gasteiger partial charge < -0.3 is 20.9 Å². The van der Waals surface area contributed by atoms with Crippen molar-refractivity contribution in [2.24, 2.45) is 0 Å². The summed E-state index contributed by atoms with van der Waals surface area (Å²) in [6, 6.07) is 4.28. The third-order valence-electron chi connectivity index (χ3n) is 2.49. The molecule has 0 radical (unpaired) electrons. The maximum atomic E-state index is 11.6. The number of carboxylic acid groups (broad SMARTS) is 1. The van der Waals surface area contributed by atoms with Crippen molar-refractivity contribution in [3.8, 4) is 5.75 Å². The molecule has 6 nitrogen and oxygen atoms in total. The molecule has 104 valence electrons. The van der Waals surface area contributed by atoms with Gasteiger partial charge in [0, 0.05) is 12.2 Å². The lowest BCUT2D eigenvalue weighted by molar-refractivity contribution is -0.127. The molecule has 0 saturated heterocycles. The summed E-state index contributed by atoms with van der Waals surface area (Å²) >= 11 is 0. The second kappa shape index (κ2) is 6.63. The van der Waals surface area contributed by atoms with Crippen molar-refractivity contribution in [2.45, 2.75) is 26.4 Å². The highest BCUT2D eigenvalue weighted by molar-refractivity contribution is 5.94. The topological polar surface area (TPSA) is 102 Å². The van der Waals surface area contributed by atoms with Crippen LogP contribution in [0.3, 0.4) is 0 Å². The zero-order valence-corrected chi connectivity index (χ0v) is 11.0. The first-order chi connectivity index (χ1) is 8.95. The lowest BCUT2D eigenvalue weighted by atomic mass is 10.1. The number of amides is 1. The van der Waals surface area contributed by atoms with E-state index in [4.69, 9.17) is 15.6 Å². The standard InChI is InChI=1S/C13H18N2O4/c1-3-6-15-12(16)8(2)19-9-4-5-11(14)10(7-9)13(17)18/h4-5,7-8H,3,6,14H2,1-2H3,(H,15,16)(H,17,18). The van der Waals surface area contributed by atoms with Crippen LogP contribution in [0.1, 0.15) is 30.6 Å². The van der Waals surface area contributed by atoms with Crippen LogP contribution in [-0.4, -0.2) is 29.6 Å². The quantitative estimate of drug-likeness (QED) is 0.673. The molecule has 1 aromatic rings. The number of nitrogens with one attached hydrogen (secondary N) is 1. The van der Waals surface area contributed by atoms with E-state index in [0.717, 1.165) is 6.42 Å². The smallest absolute Gasteiger partial charge is 0.337 e. The summed E-state index contributed by atoms with van der Waals surface area (Å²) in [5.74, 6) is -1.08. The predicted octanol–water partition coefficient (Wildman–Crippen LogP) is 1.26. The predicted molar refractivity (Wildman–Crippen MR) is 71.2 cm³/mol. The second-order valence-corrected chi connectivity index (χ2v) is 4.11. The Labute approximate surface area is 111 Å². The number of benzene rings is 1. The van der Waals surface area contributed by atoms with Gasteiger partial charge >= 0.3 is 5.97 Å². The Morgan fingerprint density at radius 3 is 2.74 bits per heavy atom. The van der Waals surface area contributed by atoms with Gasteiger partial charge in [-0.3, -0.25) is 4.79 Å². The van der Waals surface area contributed by atoms with E-state index < -0.39 is 12.1 Å². The van der Waals surface area contributed by atoms with Gasteiger partial charge in [0.1, 0.15) is 5.75 Å². The van der Waals surface area contributed by atoms with Crippen molar-refractivity contribution in [1.29, 1.82) is 0 Å². The summed E-state index contributed by atoms with van der Waals surface area (Å²) in [4.78, 5) is 22.5. The zero-order valence-electron chi connectivity index (χ0n) is 11.0. The van der Waals surface area contributed by atoms with Crippen LogP contribution < -0.4 is 15.8 Å². The fourth-order valence-electron chi connectivity index (χ4n) is 1.44. The maximum absolute atomic E-state index is 11.6. The molecule has 19 heavy (non-hydrogen) atoms. The van der Waals surface area contributed by atoms with E-state index in [1.165, 1.54) is 18.2 Å². The van der Waals surface area contributed by atoms with Crippen LogP contribution in [0, 0.1) is 0 Å². The van der Waals surface area contributed by atoms with E-state index in [1.54, 1.807) is 6.92 Å². The number of nitrogens with two attached hydrogens (primary N) is 1. The van der Waals surface area contributed by atoms with E-state index in [-0.39, 0.29) is 17.2 Å². The minimum atomic E-state index is -1.13. The van der Waals surface area contributed by atoms with Gasteiger partial charge in [-0.15, -0.1) is 0 Å². The first-order valence-electron chi connectivity index (χ1n) is 6.03. The van der Waals surface area contributed by atoms with Crippen molar-refractivity contribution in [3.05, 3.63) is 23.8 Å². The highest BCUT2D eigenvalue weighted by Gasteiger charge is 2.15. The minimum absolute atomic E-state index is 0.0429. The molecule has 0 heterocycles. The Morgan fingerprint density at radius 2 is 2.16 bits per heavy atom. The van der Waals surface area contributed by atoms with E-state index in [0.29, 0.717) is 12.3 Å². The average Bonchev–Trinajstić information content (AvgIpc) is 2.37. The minimum Gasteiger partial charge on any atom is -0.481 e. The highest BCUT2D eigenvalue weighted by Crippen LogP contribution is 2.20. The Kier molecular flexibility index (Phi) is 5.17. The van der Waals surface area contributed by atoms with E-state index in [9.17, 15) is 9.59 Å². The fraction of sp³-hybridized carbons (Fsp3) is 0.385. The molecule has 4 N–H and O–H groups in total. The molecule has 0 aliphatic carbocycles. The van der Waals surface area contributed by atoms with Crippen molar-refractivity contribution < 1.29 is 19.4 Å². The molecule has 0 aliphatic heterocycles. The van der Waals surface area contributed by atoms with Crippen LogP contribution in [0.15, 0.2) is 18.2 Å². The van der Waals surface area contributed by atoms with Crippen LogP contribution in [0.4, 0.5) is 5.69 Å². The summed E-state index contributed by atoms with van der Waals surface area (Å²) in [7, 11) is 0. The summed E-state index contributed by atoms with van der Waals surface area (Å²) in [5.41, 5.74) is 5.64. The molecule has 1 rings (SSSR count). The molecule has 0 bridgehead atoms. The normalized spacial score (nSPS) is 11.7. The Bertz CT molecular complexity index is 474. The van der Waals surface area contributed by atoms with Gasteiger partial charge in [-0.25, -0.2) is 4.79 Å². The summed E-state index contributed by atoms with van der Waals surface area (Å²) in [6.07, 6.45) is 0.139. The molecule has 0 aliphatic rings. The lowest BCUT2D eigenvalue weighted by Crippen LogP contribution is -2.36. The molecule has 0 fully saturated rings. The fourth-order valence-corrected chi connectivity index (χ4v) is 1.44. The van der Waals surface area contributed by atoms with Crippen LogP contribution in [-0.2, 0) is 4.79 Å². The van der Waals surface area contributed by atoms with Gasteiger partial charge in [-0.2, -0.15) is 0 Å². The highest BCUT2D eigenvalue weighted by atomic mass is 16.5. The van der Waals surface area contributed by atoms with E-state index in [2.05, 4.69) is 5.32 Å². The van der Waals surface area contributed by atoms with Crippen molar-refractivity contribution in [3.63, 3.8) is 0 Å². The van der Waals surface area contributed by atoms with Crippen LogP contribution >= 0.6 is 0 Å². The lowest BCUT2D eigenvalue weighted by Gasteiger charge is -2.15. The molecule has 1 amide bonds. The maximum Gasteiger partial charge on any atom is 0.337 e. The Balaban J connectivity index is 2.74. The molecule has 1 unspecified atom stereocenters. The third kappa shape index (κ3) is 4.17. The number of nitrogen functional groups attached to an aromatic ring is 1. The summed E-state index contributed by atoms with van der Waals surface area (Å²) in [6.45, 7) is 4.13. The van der Waals surface area contributed by atoms with Crippen LogP contribution in [0.5, 0.6) is 5.75 Å². The number of hydrogen-bond acceptors (Lipinski definition) is 4. The number of hydrogen-bond donors (Lipinski definition) is 3. The van der Waals surface area contributed by atoms with Crippen molar-refractivity contribution >= 4 is 17.6 Å². The molecule has 1 atom stereocenters. The van der Waals surface area contributed by atoms with Gasteiger partial charge in [-0.05, 0) is 31.5 Å². The molecule has 0 spiro atoms. The van der Waals surface area contributed by atoms with Crippen LogP contribution in [0.2, 0.25) is 0 Å². The number of aromatic carboxylic acids is 1. The monoisotopic (exact) mass is 266 g/mol. The summed E-state index contributed by atoms with van der Waals surface area (Å²) in [5, 5.41) is 11.6. The molecule has 0 aromatic heterocycles. The van der Waals surface area contributed by atoms with Gasteiger partial charge in [-0.1, -0.05) is 6.92 Å². The first-order valence-corrected chi connectivity index (χ1v) is 6.03. The number of rotatable bonds is 6. The number of carbonyl (C=O) groups is 2. The van der Waals surface area contributed by atoms with Gasteiger partial charge in [0.05, 0.1) is 5.56 Å². The molecule has 6 heteroatoms. The molecule has 1 aromatic carbocycles. The second-order valence-electron chi connectivity index (χ2n) is 4.11. The largest absolute Gasteiger partial charge is 0.481 e. The molecular weight excluding hydrogens is 248 g/mol. The van der Waals surface area contributed by atoms with E-state index >= 15 is 0 Å². The summed E-state index contributed by atoms with van der Waals surface area (Å²) < 4.78 is 5.39. The Morgan fingerprint density at radius 1 is 1.47 bits per heavy atom. The van der Waals surface area contributed by atoms with Gasteiger partial charge in [0.2, 0.25) is 0 Å². The number of carbonyl (C=O) groups excluding carboxylic acids is 1. The average molecular weight is 266 g/mol. The molecule has 0 saturated carbocycles. The van der Waals surface area contributed by atoms with Crippen LogP contribution in [0.25, 0.3) is 0 Å². The van der Waals surface area contributed by atoms with Crippen molar-refractivity contribution in [2.75, 3.05) is 12.3 Å². The third-order valence-corrected chi connectivity index (χ3v) is 2.49. The number of anilines is 1. The number of carboxylic acids is 1. The first kappa shape index (κ1) is 14.8. The zero-order chi connectivity index (χ0) is 14.4. The van der Waals surface area contributed by atoms with Gasteiger partial charge in [0.25, 0.3) is 5.91 Å². The van der Waals surface area contributed by atoms with Gasteiger partial charge in [0.15, 0.2) is 6.10 Å². The van der Waals surface area contributed by atoms with Crippen molar-refractivity contribution in [1.82, 2.24) is 5.32 Å². The Hall–Kier alpha value is -2.24. The van der Waals surface area contributed by atoms with E-state index in [1.807, 2.05) is 6.92 Å². The molecular formula is C13H18N2O4.